The number of ether oxygens (including phenoxy) is 2. The predicted molar refractivity (Wildman–Crippen MR) is 73.3 cm³/mol. The molecule has 1 unspecified atom stereocenters. The van der Waals surface area contributed by atoms with E-state index in [2.05, 4.69) is 5.32 Å². The Morgan fingerprint density at radius 2 is 2.05 bits per heavy atom. The number of hydrogen-bond donors (Lipinski definition) is 2. The van der Waals surface area contributed by atoms with Gasteiger partial charge in [0.05, 0.1) is 13.7 Å². The van der Waals surface area contributed by atoms with Gasteiger partial charge in [0.15, 0.2) is 11.5 Å². The van der Waals surface area contributed by atoms with Crippen molar-refractivity contribution in [2.24, 2.45) is 0 Å². The third kappa shape index (κ3) is 4.15. The van der Waals surface area contributed by atoms with E-state index in [1.807, 2.05) is 6.92 Å². The second-order valence-corrected chi connectivity index (χ2v) is 4.25. The number of carbonyl (C=O) groups is 2. The van der Waals surface area contributed by atoms with Crippen LogP contribution >= 0.6 is 0 Å². The van der Waals surface area contributed by atoms with Crippen LogP contribution in [-0.4, -0.2) is 36.7 Å². The Morgan fingerprint density at radius 1 is 1.35 bits per heavy atom. The number of methoxy groups -OCH3 is 1. The van der Waals surface area contributed by atoms with Crippen LogP contribution < -0.4 is 14.8 Å². The number of amides is 1. The summed E-state index contributed by atoms with van der Waals surface area (Å²) in [7, 11) is 1.51. The molecule has 0 aliphatic rings. The van der Waals surface area contributed by atoms with Crippen molar-refractivity contribution in [3.63, 3.8) is 0 Å². The fraction of sp³-hybridized carbons (Fsp3) is 0.429. The molecular weight excluding hydrogens is 262 g/mol. The summed E-state index contributed by atoms with van der Waals surface area (Å²) in [5.74, 6) is -0.565. The van der Waals surface area contributed by atoms with E-state index in [9.17, 15) is 9.59 Å². The number of nitrogens with one attached hydrogen (secondary N) is 1. The van der Waals surface area contributed by atoms with Crippen molar-refractivity contribution >= 4 is 11.9 Å². The zero-order valence-electron chi connectivity index (χ0n) is 11.8. The molecule has 1 atom stereocenters. The van der Waals surface area contributed by atoms with Crippen LogP contribution in [0.1, 0.15) is 30.6 Å². The minimum Gasteiger partial charge on any atom is -0.493 e. The van der Waals surface area contributed by atoms with Gasteiger partial charge in [-0.3, -0.25) is 9.59 Å². The Morgan fingerprint density at radius 3 is 2.60 bits per heavy atom. The average Bonchev–Trinajstić information content (AvgIpc) is 2.44. The average molecular weight is 281 g/mol. The normalized spacial score (nSPS) is 11.6. The van der Waals surface area contributed by atoms with Gasteiger partial charge in [0, 0.05) is 5.56 Å². The van der Waals surface area contributed by atoms with E-state index >= 15 is 0 Å². The monoisotopic (exact) mass is 281 g/mol. The summed E-state index contributed by atoms with van der Waals surface area (Å²) in [6.07, 6.45) is 0.829. The highest BCUT2D eigenvalue weighted by Gasteiger charge is 2.16. The first-order valence-electron chi connectivity index (χ1n) is 6.34. The standard InChI is InChI=1S/C14H19NO5/c1-4-7-20-12-8-10(5-6-11(12)19-3)13(16)15-9(2)14(17)18/h5-6,8-9H,4,7H2,1-3H3,(H,15,16)(H,17,18). The summed E-state index contributed by atoms with van der Waals surface area (Å²) in [5, 5.41) is 11.2. The number of carboxylic acid groups (broad SMARTS) is 1. The van der Waals surface area contributed by atoms with E-state index in [1.165, 1.54) is 14.0 Å². The van der Waals surface area contributed by atoms with Crippen LogP contribution in [-0.2, 0) is 4.79 Å². The van der Waals surface area contributed by atoms with Gasteiger partial charge in [-0.15, -0.1) is 0 Å². The van der Waals surface area contributed by atoms with Crippen LogP contribution in [0.4, 0.5) is 0 Å². The Labute approximate surface area is 117 Å². The Bertz CT molecular complexity index is 486. The molecule has 110 valence electrons. The van der Waals surface area contributed by atoms with Crippen molar-refractivity contribution in [1.29, 1.82) is 0 Å². The van der Waals surface area contributed by atoms with Crippen LogP contribution in [0.3, 0.4) is 0 Å². The van der Waals surface area contributed by atoms with Crippen molar-refractivity contribution in [3.05, 3.63) is 23.8 Å². The van der Waals surface area contributed by atoms with Gasteiger partial charge in [-0.1, -0.05) is 6.92 Å². The molecule has 0 saturated carbocycles. The van der Waals surface area contributed by atoms with E-state index in [-0.39, 0.29) is 0 Å². The van der Waals surface area contributed by atoms with Gasteiger partial charge in [0.2, 0.25) is 0 Å². The number of aliphatic carboxylic acids is 1. The maximum absolute atomic E-state index is 11.9. The van der Waals surface area contributed by atoms with Gasteiger partial charge < -0.3 is 19.9 Å². The van der Waals surface area contributed by atoms with Gasteiger partial charge in [-0.2, -0.15) is 0 Å². The summed E-state index contributed by atoms with van der Waals surface area (Å²) < 4.78 is 10.6. The topological polar surface area (TPSA) is 84.9 Å². The zero-order valence-corrected chi connectivity index (χ0v) is 11.8. The maximum atomic E-state index is 11.9. The van der Waals surface area contributed by atoms with Crippen LogP contribution in [0.15, 0.2) is 18.2 Å². The highest BCUT2D eigenvalue weighted by molar-refractivity contribution is 5.97. The number of rotatable bonds is 7. The third-order valence-corrected chi connectivity index (χ3v) is 2.61. The van der Waals surface area contributed by atoms with Crippen molar-refractivity contribution in [2.75, 3.05) is 13.7 Å². The molecule has 1 aromatic carbocycles. The van der Waals surface area contributed by atoms with Crippen molar-refractivity contribution in [2.45, 2.75) is 26.3 Å². The summed E-state index contributed by atoms with van der Waals surface area (Å²) >= 11 is 0. The molecule has 2 N–H and O–H groups in total. The first-order valence-corrected chi connectivity index (χ1v) is 6.34. The van der Waals surface area contributed by atoms with Crippen LogP contribution in [0.2, 0.25) is 0 Å². The van der Waals surface area contributed by atoms with E-state index in [0.717, 1.165) is 6.42 Å². The van der Waals surface area contributed by atoms with E-state index < -0.39 is 17.9 Å². The molecule has 0 aliphatic heterocycles. The second kappa shape index (κ2) is 7.37. The molecule has 0 bridgehead atoms. The van der Waals surface area contributed by atoms with Gasteiger partial charge in [0.25, 0.3) is 5.91 Å². The number of benzene rings is 1. The van der Waals surface area contributed by atoms with Crippen LogP contribution in [0.25, 0.3) is 0 Å². The lowest BCUT2D eigenvalue weighted by Gasteiger charge is -2.13. The van der Waals surface area contributed by atoms with Crippen molar-refractivity contribution < 1.29 is 24.2 Å². The molecule has 1 amide bonds. The van der Waals surface area contributed by atoms with Gasteiger partial charge in [0.1, 0.15) is 6.04 Å². The largest absolute Gasteiger partial charge is 0.493 e. The summed E-state index contributed by atoms with van der Waals surface area (Å²) in [6.45, 7) is 3.88. The fourth-order valence-corrected chi connectivity index (χ4v) is 1.48. The Balaban J connectivity index is 2.89. The maximum Gasteiger partial charge on any atom is 0.325 e. The molecule has 6 nitrogen and oxygen atoms in total. The van der Waals surface area contributed by atoms with E-state index in [0.29, 0.717) is 23.7 Å². The molecule has 0 saturated heterocycles. The van der Waals surface area contributed by atoms with Gasteiger partial charge >= 0.3 is 5.97 Å². The fourth-order valence-electron chi connectivity index (χ4n) is 1.48. The molecule has 6 heteroatoms. The lowest BCUT2D eigenvalue weighted by Crippen LogP contribution is -2.38. The molecular formula is C14H19NO5. The second-order valence-electron chi connectivity index (χ2n) is 4.25. The minimum atomic E-state index is -1.09. The zero-order chi connectivity index (χ0) is 15.1. The Hall–Kier alpha value is -2.24. The quantitative estimate of drug-likeness (QED) is 0.794. The smallest absolute Gasteiger partial charge is 0.325 e. The predicted octanol–water partition coefficient (Wildman–Crippen LogP) is 1.69. The molecule has 1 aromatic rings. The highest BCUT2D eigenvalue weighted by atomic mass is 16.5. The third-order valence-electron chi connectivity index (χ3n) is 2.61. The summed E-state index contributed by atoms with van der Waals surface area (Å²) in [5.41, 5.74) is 0.324. The molecule has 0 spiro atoms. The summed E-state index contributed by atoms with van der Waals surface area (Å²) in [4.78, 5) is 22.6. The Kier molecular flexibility index (Phi) is 5.83. The highest BCUT2D eigenvalue weighted by Crippen LogP contribution is 2.28. The van der Waals surface area contributed by atoms with Gasteiger partial charge in [-0.05, 0) is 31.5 Å². The number of carbonyl (C=O) groups excluding carboxylic acids is 1. The number of carboxylic acids is 1. The molecule has 0 heterocycles. The first kappa shape index (κ1) is 15.8. The molecule has 0 fully saturated rings. The molecule has 0 aliphatic carbocycles. The number of hydrogen-bond acceptors (Lipinski definition) is 4. The molecule has 1 rings (SSSR count). The van der Waals surface area contributed by atoms with E-state index in [1.54, 1.807) is 18.2 Å². The van der Waals surface area contributed by atoms with Crippen LogP contribution in [0, 0.1) is 0 Å². The molecule has 0 radical (unpaired) electrons. The first-order chi connectivity index (χ1) is 9.49. The molecule has 20 heavy (non-hydrogen) atoms. The molecule has 0 aromatic heterocycles. The van der Waals surface area contributed by atoms with Crippen LogP contribution in [0.5, 0.6) is 11.5 Å². The van der Waals surface area contributed by atoms with Crippen molar-refractivity contribution in [3.8, 4) is 11.5 Å². The minimum absolute atomic E-state index is 0.324. The SMILES string of the molecule is CCCOc1cc(C(=O)NC(C)C(=O)O)ccc1OC. The lowest BCUT2D eigenvalue weighted by molar-refractivity contribution is -0.138. The van der Waals surface area contributed by atoms with Crippen molar-refractivity contribution in [1.82, 2.24) is 5.32 Å². The lowest BCUT2D eigenvalue weighted by atomic mass is 10.1. The van der Waals surface area contributed by atoms with E-state index in [4.69, 9.17) is 14.6 Å². The van der Waals surface area contributed by atoms with Gasteiger partial charge in [-0.25, -0.2) is 0 Å². The summed E-state index contributed by atoms with van der Waals surface area (Å²) in [6, 6.07) is 3.76.